The summed E-state index contributed by atoms with van der Waals surface area (Å²) >= 11 is 0. The number of ether oxygens (including phenoxy) is 4. The number of methoxy groups -OCH3 is 2. The average Bonchev–Trinajstić information content (AvgIpc) is 3.42. The molecule has 0 atom stereocenters. The maximum absolute atomic E-state index is 12.1. The van der Waals surface area contributed by atoms with E-state index in [1.165, 1.54) is 36.1 Å². The third-order valence-corrected chi connectivity index (χ3v) is 4.57. The molecule has 1 aliphatic heterocycles. The SMILES string of the molecule is COC(=O)C(Cc1coc(-c2ccc(OC(F)F)cc2)n1)C(=O)OC.c1cc2cc(c1)OC2. The predicted octanol–water partition coefficient (Wildman–Crippen LogP) is 4.03. The lowest BCUT2D eigenvalue weighted by Gasteiger charge is -2.10. The number of hydrogen-bond donors (Lipinski definition) is 0. The Balaban J connectivity index is 0.000000316. The van der Waals surface area contributed by atoms with Crippen molar-refractivity contribution in [3.05, 3.63) is 66.1 Å². The van der Waals surface area contributed by atoms with E-state index in [1.807, 2.05) is 12.1 Å². The Morgan fingerprint density at radius 3 is 2.33 bits per heavy atom. The molecule has 0 aliphatic carbocycles. The van der Waals surface area contributed by atoms with Crippen LogP contribution in [0, 0.1) is 5.92 Å². The van der Waals surface area contributed by atoms with Gasteiger partial charge in [-0.2, -0.15) is 8.78 Å². The number of oxazole rings is 1. The van der Waals surface area contributed by atoms with Crippen molar-refractivity contribution < 1.29 is 41.7 Å². The van der Waals surface area contributed by atoms with Crippen molar-refractivity contribution >= 4 is 11.9 Å². The van der Waals surface area contributed by atoms with Crippen molar-refractivity contribution in [1.29, 1.82) is 0 Å². The summed E-state index contributed by atoms with van der Waals surface area (Å²) < 4.78 is 48.1. The quantitative estimate of drug-likeness (QED) is 0.384. The van der Waals surface area contributed by atoms with E-state index < -0.39 is 24.5 Å². The van der Waals surface area contributed by atoms with Crippen molar-refractivity contribution in [3.63, 3.8) is 0 Å². The molecule has 2 aromatic carbocycles. The third-order valence-electron chi connectivity index (χ3n) is 4.57. The Bertz CT molecular complexity index is 1050. The van der Waals surface area contributed by atoms with Crippen LogP contribution in [0.5, 0.6) is 11.5 Å². The fourth-order valence-corrected chi connectivity index (χ4v) is 2.96. The zero-order valence-corrected chi connectivity index (χ0v) is 17.8. The highest BCUT2D eigenvalue weighted by atomic mass is 19.3. The lowest BCUT2D eigenvalue weighted by molar-refractivity contribution is -0.158. The second kappa shape index (κ2) is 11.1. The van der Waals surface area contributed by atoms with Gasteiger partial charge >= 0.3 is 18.6 Å². The zero-order valence-electron chi connectivity index (χ0n) is 17.8. The van der Waals surface area contributed by atoms with Gasteiger partial charge < -0.3 is 23.4 Å². The lowest BCUT2D eigenvalue weighted by atomic mass is 10.0. The van der Waals surface area contributed by atoms with Crippen LogP contribution in [0.4, 0.5) is 8.78 Å². The van der Waals surface area contributed by atoms with Crippen LogP contribution in [0.25, 0.3) is 11.5 Å². The first kappa shape index (κ1) is 23.7. The first-order valence-electron chi connectivity index (χ1n) is 9.76. The van der Waals surface area contributed by atoms with E-state index in [1.54, 1.807) is 0 Å². The molecule has 0 amide bonds. The molecule has 174 valence electrons. The second-order valence-electron chi connectivity index (χ2n) is 6.79. The summed E-state index contributed by atoms with van der Waals surface area (Å²) in [6, 6.07) is 13.8. The van der Waals surface area contributed by atoms with Crippen LogP contribution in [0.3, 0.4) is 0 Å². The van der Waals surface area contributed by atoms with Gasteiger partial charge in [0.05, 0.1) is 19.9 Å². The largest absolute Gasteiger partial charge is 0.489 e. The van der Waals surface area contributed by atoms with E-state index >= 15 is 0 Å². The molecule has 0 radical (unpaired) electrons. The minimum Gasteiger partial charge on any atom is -0.489 e. The molecule has 0 spiro atoms. The Kier molecular flexibility index (Phi) is 7.96. The van der Waals surface area contributed by atoms with Crippen molar-refractivity contribution in [2.45, 2.75) is 19.6 Å². The molecule has 2 bridgehead atoms. The Morgan fingerprint density at radius 2 is 1.76 bits per heavy atom. The van der Waals surface area contributed by atoms with Crippen LogP contribution in [0.15, 0.2) is 59.2 Å². The van der Waals surface area contributed by atoms with Crippen LogP contribution in [-0.2, 0) is 32.1 Å². The summed E-state index contributed by atoms with van der Waals surface area (Å²) in [5.41, 5.74) is 2.13. The maximum atomic E-state index is 12.1. The number of esters is 2. The number of alkyl halides is 2. The lowest BCUT2D eigenvalue weighted by Crippen LogP contribution is -2.28. The van der Waals surface area contributed by atoms with Crippen molar-refractivity contribution in [2.24, 2.45) is 5.92 Å². The van der Waals surface area contributed by atoms with Gasteiger partial charge in [0.15, 0.2) is 5.92 Å². The van der Waals surface area contributed by atoms with E-state index in [4.69, 9.17) is 9.15 Å². The highest BCUT2D eigenvalue weighted by Crippen LogP contribution is 2.24. The molecule has 33 heavy (non-hydrogen) atoms. The molecule has 0 saturated heterocycles. The molecule has 10 heteroatoms. The maximum Gasteiger partial charge on any atom is 0.387 e. The normalized spacial score (nSPS) is 11.5. The van der Waals surface area contributed by atoms with Crippen molar-refractivity contribution in [3.8, 4) is 23.0 Å². The molecule has 0 unspecified atom stereocenters. The molecule has 0 N–H and O–H groups in total. The number of carbonyl (C=O) groups is 2. The topological polar surface area (TPSA) is 97.1 Å². The van der Waals surface area contributed by atoms with Gasteiger partial charge in [-0.15, -0.1) is 0 Å². The van der Waals surface area contributed by atoms with Gasteiger partial charge in [-0.25, -0.2) is 4.98 Å². The van der Waals surface area contributed by atoms with Gasteiger partial charge in [-0.3, -0.25) is 9.59 Å². The Morgan fingerprint density at radius 1 is 1.06 bits per heavy atom. The van der Waals surface area contributed by atoms with Gasteiger partial charge in [0, 0.05) is 12.0 Å². The average molecular weight is 461 g/mol. The monoisotopic (exact) mass is 461 g/mol. The van der Waals surface area contributed by atoms with E-state index in [0.717, 1.165) is 26.6 Å². The Hall–Kier alpha value is -3.95. The molecule has 3 aromatic rings. The summed E-state index contributed by atoms with van der Waals surface area (Å²) in [5, 5.41) is 0. The summed E-state index contributed by atoms with van der Waals surface area (Å²) in [5.74, 6) is -1.44. The van der Waals surface area contributed by atoms with Crippen molar-refractivity contribution in [1.82, 2.24) is 4.98 Å². The number of rotatable bonds is 7. The van der Waals surface area contributed by atoms with Gasteiger partial charge in [0.1, 0.15) is 24.4 Å². The number of fused-ring (bicyclic) bond motifs is 2. The zero-order chi connectivity index (χ0) is 23.8. The highest BCUT2D eigenvalue weighted by molar-refractivity contribution is 5.95. The van der Waals surface area contributed by atoms with Crippen LogP contribution in [0.1, 0.15) is 11.3 Å². The fraction of sp³-hybridized carbons (Fsp3) is 0.261. The summed E-state index contributed by atoms with van der Waals surface area (Å²) in [7, 11) is 2.32. The van der Waals surface area contributed by atoms with Gasteiger partial charge in [0.25, 0.3) is 0 Å². The number of benzene rings is 2. The first-order chi connectivity index (χ1) is 15.9. The minimum absolute atomic E-state index is 0.00183. The summed E-state index contributed by atoms with van der Waals surface area (Å²) in [6.45, 7) is -2.14. The summed E-state index contributed by atoms with van der Waals surface area (Å²) in [4.78, 5) is 27.5. The molecule has 8 nitrogen and oxygen atoms in total. The minimum atomic E-state index is -2.91. The second-order valence-corrected chi connectivity index (χ2v) is 6.79. The van der Waals surface area contributed by atoms with Gasteiger partial charge in [-0.1, -0.05) is 12.1 Å². The predicted molar refractivity (Wildman–Crippen MR) is 111 cm³/mol. The first-order valence-corrected chi connectivity index (χ1v) is 9.76. The fourth-order valence-electron chi connectivity index (χ4n) is 2.96. The molecular weight excluding hydrogens is 440 g/mol. The smallest absolute Gasteiger partial charge is 0.387 e. The molecule has 2 heterocycles. The number of nitrogens with zero attached hydrogens (tertiary/aromatic N) is 1. The van der Waals surface area contributed by atoms with Gasteiger partial charge in [-0.05, 0) is 42.0 Å². The van der Waals surface area contributed by atoms with E-state index in [2.05, 4.69) is 31.3 Å². The third kappa shape index (κ3) is 6.52. The standard InChI is InChI=1S/C16H15F2NO6.C7H6O/c1-22-14(20)12(15(21)23-2)7-10-8-24-13(19-10)9-3-5-11(6-4-9)25-16(17)18;1-2-6-4-7(3-1)8-5-6/h3-6,8,12,16H,7H2,1-2H3;1-4H,5H2. The van der Waals surface area contributed by atoms with E-state index in [0.29, 0.717) is 11.3 Å². The molecule has 0 fully saturated rings. The molecule has 1 aromatic heterocycles. The highest BCUT2D eigenvalue weighted by Gasteiger charge is 2.30. The number of hydrogen-bond acceptors (Lipinski definition) is 8. The van der Waals surface area contributed by atoms with Crippen molar-refractivity contribution in [2.75, 3.05) is 14.2 Å². The number of carbonyl (C=O) groups excluding carboxylic acids is 2. The molecule has 4 rings (SSSR count). The van der Waals surface area contributed by atoms with E-state index in [9.17, 15) is 18.4 Å². The summed E-state index contributed by atoms with van der Waals surface area (Å²) in [6.07, 6.45) is 1.23. The molecule has 0 saturated carbocycles. The Labute approximate surface area is 188 Å². The van der Waals surface area contributed by atoms with Gasteiger partial charge in [0.2, 0.25) is 5.89 Å². The molecule has 1 aliphatic rings. The van der Waals surface area contributed by atoms with Crippen LogP contribution in [-0.4, -0.2) is 37.8 Å². The van der Waals surface area contributed by atoms with Crippen LogP contribution < -0.4 is 9.47 Å². The number of halogens is 2. The van der Waals surface area contributed by atoms with Crippen LogP contribution >= 0.6 is 0 Å². The van der Waals surface area contributed by atoms with E-state index in [-0.39, 0.29) is 18.1 Å². The van der Waals surface area contributed by atoms with Crippen LogP contribution in [0.2, 0.25) is 0 Å². The number of aromatic nitrogens is 1. The molecular formula is C23H21F2NO7.